The van der Waals surface area contributed by atoms with Gasteiger partial charge >= 0.3 is 0 Å². The highest BCUT2D eigenvalue weighted by atomic mass is 14.0. The van der Waals surface area contributed by atoms with E-state index in [-0.39, 0.29) is 0 Å². The summed E-state index contributed by atoms with van der Waals surface area (Å²) in [7, 11) is 0. The second kappa shape index (κ2) is 4.79. The molecule has 0 heteroatoms. The number of benzene rings is 2. The van der Waals surface area contributed by atoms with E-state index in [1.54, 1.807) is 0 Å². The van der Waals surface area contributed by atoms with E-state index in [4.69, 9.17) is 0 Å². The summed E-state index contributed by atoms with van der Waals surface area (Å²) in [6.07, 6.45) is 3.23. The molecule has 0 aromatic heterocycles. The fraction of sp³-hybridized carbons (Fsp3) is 0.133. The van der Waals surface area contributed by atoms with Crippen molar-refractivity contribution in [1.29, 1.82) is 0 Å². The molecule has 0 amide bonds. The Morgan fingerprint density at radius 3 is 2.00 bits per heavy atom. The summed E-state index contributed by atoms with van der Waals surface area (Å²) < 4.78 is 0. The molecule has 0 N–H and O–H groups in total. The summed E-state index contributed by atoms with van der Waals surface area (Å²) >= 11 is 0. The van der Waals surface area contributed by atoms with Crippen LogP contribution in [0.5, 0.6) is 0 Å². The van der Waals surface area contributed by atoms with E-state index in [2.05, 4.69) is 61.9 Å². The molecular weight excluding hydrogens is 180 g/mol. The van der Waals surface area contributed by atoms with Crippen molar-refractivity contribution in [3.8, 4) is 11.1 Å². The molecule has 0 saturated carbocycles. The Bertz CT molecular complexity index is 398. The van der Waals surface area contributed by atoms with Crippen LogP contribution in [0, 0.1) is 6.42 Å². The van der Waals surface area contributed by atoms with Gasteiger partial charge in [-0.15, -0.1) is 0 Å². The first-order valence-electron chi connectivity index (χ1n) is 5.32. The van der Waals surface area contributed by atoms with E-state index >= 15 is 0 Å². The third-order valence-electron chi connectivity index (χ3n) is 2.50. The third-order valence-corrected chi connectivity index (χ3v) is 2.50. The Morgan fingerprint density at radius 1 is 0.800 bits per heavy atom. The molecule has 2 aromatic carbocycles. The lowest BCUT2D eigenvalue weighted by atomic mass is 10.0. The second-order valence-electron chi connectivity index (χ2n) is 3.68. The second-order valence-corrected chi connectivity index (χ2v) is 3.68. The van der Waals surface area contributed by atoms with Gasteiger partial charge in [0, 0.05) is 0 Å². The van der Waals surface area contributed by atoms with Gasteiger partial charge in [-0.2, -0.15) is 0 Å². The van der Waals surface area contributed by atoms with Crippen molar-refractivity contribution in [2.45, 2.75) is 13.3 Å². The smallest absolute Gasteiger partial charge is 0.0184 e. The Morgan fingerprint density at radius 2 is 1.40 bits per heavy atom. The maximum atomic E-state index is 2.20. The van der Waals surface area contributed by atoms with Crippen LogP contribution >= 0.6 is 0 Å². The van der Waals surface area contributed by atoms with Crippen LogP contribution in [0.25, 0.3) is 11.1 Å². The number of hydrogen-bond donors (Lipinski definition) is 0. The predicted octanol–water partition coefficient (Wildman–Crippen LogP) is 4.12. The zero-order valence-electron chi connectivity index (χ0n) is 8.98. The summed E-state index contributed by atoms with van der Waals surface area (Å²) in [6, 6.07) is 19.2. The minimum absolute atomic E-state index is 1.05. The highest BCUT2D eigenvalue weighted by molar-refractivity contribution is 5.63. The summed E-state index contributed by atoms with van der Waals surface area (Å²) in [6.45, 7) is 2.09. The molecule has 0 atom stereocenters. The molecule has 75 valence electrons. The average molecular weight is 195 g/mol. The largest absolute Gasteiger partial charge is 0.0622 e. The standard InChI is InChI=1S/C15H15/c1-2-6-13-9-11-15(12-10-13)14-7-4-3-5-8-14/h2-5,7-12H,6H2,1H3. The van der Waals surface area contributed by atoms with Gasteiger partial charge in [0.25, 0.3) is 0 Å². The molecule has 0 unspecified atom stereocenters. The predicted molar refractivity (Wildman–Crippen MR) is 65.6 cm³/mol. The minimum Gasteiger partial charge on any atom is -0.0622 e. The summed E-state index contributed by atoms with van der Waals surface area (Å²) in [5.74, 6) is 0. The fourth-order valence-electron chi connectivity index (χ4n) is 1.70. The van der Waals surface area contributed by atoms with Crippen LogP contribution in [-0.2, 0) is 6.42 Å². The van der Waals surface area contributed by atoms with Gasteiger partial charge in [-0.3, -0.25) is 0 Å². The van der Waals surface area contributed by atoms with E-state index in [1.807, 2.05) is 6.07 Å². The molecule has 0 bridgehead atoms. The highest BCUT2D eigenvalue weighted by Crippen LogP contribution is 2.19. The monoisotopic (exact) mass is 195 g/mol. The van der Waals surface area contributed by atoms with Crippen molar-refractivity contribution in [3.05, 3.63) is 66.6 Å². The Labute approximate surface area is 91.6 Å². The summed E-state index contributed by atoms with van der Waals surface area (Å²) in [5, 5.41) is 0. The molecule has 2 aromatic rings. The maximum absolute atomic E-state index is 2.20. The van der Waals surface area contributed by atoms with Crippen LogP contribution in [0.4, 0.5) is 0 Å². The molecule has 0 fully saturated rings. The van der Waals surface area contributed by atoms with Crippen LogP contribution in [0.1, 0.15) is 12.5 Å². The van der Waals surface area contributed by atoms with Gasteiger partial charge in [0.2, 0.25) is 0 Å². The Hall–Kier alpha value is -1.56. The normalized spacial score (nSPS) is 10.2. The summed E-state index contributed by atoms with van der Waals surface area (Å²) in [4.78, 5) is 0. The zero-order chi connectivity index (χ0) is 10.5. The Kier molecular flexibility index (Phi) is 3.18. The van der Waals surface area contributed by atoms with E-state index in [0.29, 0.717) is 0 Å². The van der Waals surface area contributed by atoms with Gasteiger partial charge in [-0.1, -0.05) is 61.5 Å². The van der Waals surface area contributed by atoms with Crippen molar-refractivity contribution in [3.63, 3.8) is 0 Å². The molecule has 15 heavy (non-hydrogen) atoms. The molecule has 0 aliphatic rings. The third kappa shape index (κ3) is 2.47. The molecule has 1 radical (unpaired) electrons. The molecule has 0 nitrogen and oxygen atoms in total. The fourth-order valence-corrected chi connectivity index (χ4v) is 1.70. The average Bonchev–Trinajstić information content (AvgIpc) is 2.32. The molecule has 0 spiro atoms. The summed E-state index contributed by atoms with van der Waals surface area (Å²) in [5.41, 5.74) is 3.94. The van der Waals surface area contributed by atoms with Gasteiger partial charge < -0.3 is 0 Å². The van der Waals surface area contributed by atoms with Gasteiger partial charge in [-0.05, 0) is 29.5 Å². The molecular formula is C15H15. The maximum Gasteiger partial charge on any atom is -0.0184 e. The topological polar surface area (TPSA) is 0 Å². The van der Waals surface area contributed by atoms with Crippen molar-refractivity contribution >= 4 is 0 Å². The van der Waals surface area contributed by atoms with Gasteiger partial charge in [0.1, 0.15) is 0 Å². The van der Waals surface area contributed by atoms with Crippen molar-refractivity contribution in [2.24, 2.45) is 0 Å². The van der Waals surface area contributed by atoms with Crippen LogP contribution in [-0.4, -0.2) is 0 Å². The van der Waals surface area contributed by atoms with E-state index < -0.39 is 0 Å². The van der Waals surface area contributed by atoms with Crippen LogP contribution in [0.3, 0.4) is 0 Å². The molecule has 0 saturated heterocycles. The SMILES string of the molecule is C[CH]Cc1ccc(-c2ccccc2)cc1. The first kappa shape index (κ1) is 9.97. The number of rotatable bonds is 3. The van der Waals surface area contributed by atoms with Gasteiger partial charge in [-0.25, -0.2) is 0 Å². The van der Waals surface area contributed by atoms with Crippen molar-refractivity contribution in [1.82, 2.24) is 0 Å². The van der Waals surface area contributed by atoms with Crippen LogP contribution in [0.2, 0.25) is 0 Å². The van der Waals surface area contributed by atoms with Crippen molar-refractivity contribution < 1.29 is 0 Å². The van der Waals surface area contributed by atoms with Gasteiger partial charge in [0.15, 0.2) is 0 Å². The van der Waals surface area contributed by atoms with Crippen molar-refractivity contribution in [2.75, 3.05) is 0 Å². The highest BCUT2D eigenvalue weighted by Gasteiger charge is 1.96. The lowest BCUT2D eigenvalue weighted by Gasteiger charge is -2.03. The van der Waals surface area contributed by atoms with Crippen LogP contribution in [0.15, 0.2) is 54.6 Å². The lowest BCUT2D eigenvalue weighted by Crippen LogP contribution is -1.83. The van der Waals surface area contributed by atoms with E-state index in [1.165, 1.54) is 16.7 Å². The molecule has 2 rings (SSSR count). The molecule has 0 aliphatic heterocycles. The first-order valence-corrected chi connectivity index (χ1v) is 5.32. The van der Waals surface area contributed by atoms with E-state index in [9.17, 15) is 0 Å². The quantitative estimate of drug-likeness (QED) is 0.691. The molecule has 0 heterocycles. The number of hydrogen-bond acceptors (Lipinski definition) is 0. The minimum atomic E-state index is 1.05. The Balaban J connectivity index is 2.24. The van der Waals surface area contributed by atoms with Gasteiger partial charge in [0.05, 0.1) is 0 Å². The van der Waals surface area contributed by atoms with Crippen LogP contribution < -0.4 is 0 Å². The van der Waals surface area contributed by atoms with E-state index in [0.717, 1.165) is 6.42 Å². The lowest BCUT2D eigenvalue weighted by molar-refractivity contribution is 1.14. The molecule has 0 aliphatic carbocycles. The zero-order valence-corrected chi connectivity index (χ0v) is 8.98. The first-order chi connectivity index (χ1) is 7.40.